The van der Waals surface area contributed by atoms with E-state index in [4.69, 9.17) is 15.0 Å². The van der Waals surface area contributed by atoms with Crippen molar-refractivity contribution >= 4 is 75.9 Å². The van der Waals surface area contributed by atoms with Gasteiger partial charge in [-0.1, -0.05) is 152 Å². The fraction of sp³-hybridized carbons (Fsp3) is 0. The molecule has 10 aromatic carbocycles. The molecule has 0 amide bonds. The smallest absolute Gasteiger partial charge is 0.164 e. The van der Waals surface area contributed by atoms with Crippen LogP contribution in [-0.2, 0) is 0 Å². The molecular weight excluding hydrogens is 755 g/mol. The molecule has 0 bridgehead atoms. The first-order valence-electron chi connectivity index (χ1n) is 21.0. The molecular formula is C57H35N5. The SMILES string of the molecule is c1ccc(-c2nc(-c3ccc4ccccc4c3)nc(-c3cc4c(c5ccccc35)c3cc(-n5c6ccccc6c6cc7ccccc7cc65)ccc3n4-c3ccccc3)n2)cc1. The summed E-state index contributed by atoms with van der Waals surface area (Å²) in [5.74, 6) is 1.90. The van der Waals surface area contributed by atoms with Crippen molar-refractivity contribution in [2.75, 3.05) is 0 Å². The van der Waals surface area contributed by atoms with Crippen LogP contribution in [0.3, 0.4) is 0 Å². The quantitative estimate of drug-likeness (QED) is 0.174. The van der Waals surface area contributed by atoms with Crippen LogP contribution in [0.25, 0.3) is 121 Å². The Morgan fingerprint density at radius 2 is 0.855 bits per heavy atom. The Morgan fingerprint density at radius 3 is 1.65 bits per heavy atom. The van der Waals surface area contributed by atoms with Crippen molar-refractivity contribution in [2.45, 2.75) is 0 Å². The van der Waals surface area contributed by atoms with E-state index in [1.54, 1.807) is 0 Å². The van der Waals surface area contributed by atoms with Gasteiger partial charge in [0.1, 0.15) is 0 Å². The number of nitrogens with zero attached hydrogens (tertiary/aromatic N) is 5. The first kappa shape index (κ1) is 34.5. The molecule has 5 nitrogen and oxygen atoms in total. The van der Waals surface area contributed by atoms with Crippen LogP contribution in [0.2, 0.25) is 0 Å². The van der Waals surface area contributed by atoms with E-state index in [0.29, 0.717) is 17.5 Å². The van der Waals surface area contributed by atoms with Crippen LogP contribution >= 0.6 is 0 Å². The lowest BCUT2D eigenvalue weighted by atomic mass is 9.98. The van der Waals surface area contributed by atoms with Crippen molar-refractivity contribution in [3.63, 3.8) is 0 Å². The van der Waals surface area contributed by atoms with E-state index in [1.165, 1.54) is 48.7 Å². The second-order valence-electron chi connectivity index (χ2n) is 16.0. The minimum absolute atomic E-state index is 0.628. The molecule has 0 unspecified atom stereocenters. The third-order valence-electron chi connectivity index (χ3n) is 12.5. The molecule has 0 aliphatic carbocycles. The highest BCUT2D eigenvalue weighted by atomic mass is 15.0. The first-order valence-corrected chi connectivity index (χ1v) is 21.0. The van der Waals surface area contributed by atoms with Gasteiger partial charge in [-0.2, -0.15) is 0 Å². The van der Waals surface area contributed by atoms with E-state index in [2.05, 4.69) is 203 Å². The Morgan fingerprint density at radius 1 is 0.274 bits per heavy atom. The predicted octanol–water partition coefficient (Wildman–Crippen LogP) is 14.5. The Hall–Kier alpha value is -8.41. The maximum Gasteiger partial charge on any atom is 0.164 e. The van der Waals surface area contributed by atoms with E-state index in [0.717, 1.165) is 55.3 Å². The van der Waals surface area contributed by atoms with Gasteiger partial charge in [-0.25, -0.2) is 15.0 Å². The minimum Gasteiger partial charge on any atom is -0.309 e. The Balaban J connectivity index is 1.11. The van der Waals surface area contributed by atoms with Crippen LogP contribution in [0.4, 0.5) is 0 Å². The van der Waals surface area contributed by atoms with Gasteiger partial charge in [0, 0.05) is 49.6 Å². The fourth-order valence-electron chi connectivity index (χ4n) is 9.65. The monoisotopic (exact) mass is 789 g/mol. The summed E-state index contributed by atoms with van der Waals surface area (Å²) in [6.45, 7) is 0. The van der Waals surface area contributed by atoms with Crippen LogP contribution in [-0.4, -0.2) is 24.1 Å². The maximum atomic E-state index is 5.31. The van der Waals surface area contributed by atoms with Crippen LogP contribution in [0, 0.1) is 0 Å². The van der Waals surface area contributed by atoms with E-state index >= 15 is 0 Å². The average Bonchev–Trinajstić information content (AvgIpc) is 3.85. The highest BCUT2D eigenvalue weighted by molar-refractivity contribution is 6.24. The Labute approximate surface area is 356 Å². The van der Waals surface area contributed by atoms with Crippen molar-refractivity contribution in [2.24, 2.45) is 0 Å². The summed E-state index contributed by atoms with van der Waals surface area (Å²) in [6, 6.07) is 75.8. The van der Waals surface area contributed by atoms with Gasteiger partial charge in [0.2, 0.25) is 0 Å². The van der Waals surface area contributed by atoms with Gasteiger partial charge in [0.15, 0.2) is 17.5 Å². The summed E-state index contributed by atoms with van der Waals surface area (Å²) in [6.07, 6.45) is 0. The molecule has 0 saturated heterocycles. The van der Waals surface area contributed by atoms with Gasteiger partial charge in [-0.15, -0.1) is 0 Å². The lowest BCUT2D eigenvalue weighted by Gasteiger charge is -2.13. The van der Waals surface area contributed by atoms with Crippen molar-refractivity contribution in [1.82, 2.24) is 24.1 Å². The summed E-state index contributed by atoms with van der Waals surface area (Å²) in [5.41, 5.74) is 9.61. The molecule has 3 heterocycles. The number of benzene rings is 10. The lowest BCUT2D eigenvalue weighted by molar-refractivity contribution is 1.08. The maximum absolute atomic E-state index is 5.31. The number of rotatable bonds is 5. The third kappa shape index (κ3) is 5.32. The number of para-hydroxylation sites is 2. The number of fused-ring (bicyclic) bond motifs is 10. The number of aromatic nitrogens is 5. The topological polar surface area (TPSA) is 48.5 Å². The van der Waals surface area contributed by atoms with Crippen LogP contribution < -0.4 is 0 Å². The molecule has 0 radical (unpaired) electrons. The minimum atomic E-state index is 0.628. The van der Waals surface area contributed by atoms with Crippen molar-refractivity contribution in [3.05, 3.63) is 212 Å². The highest BCUT2D eigenvalue weighted by Crippen LogP contribution is 2.43. The zero-order valence-corrected chi connectivity index (χ0v) is 33.4. The molecule has 3 aromatic heterocycles. The van der Waals surface area contributed by atoms with E-state index in [-0.39, 0.29) is 0 Å². The molecule has 5 heteroatoms. The predicted molar refractivity (Wildman–Crippen MR) is 257 cm³/mol. The second kappa shape index (κ2) is 13.6. The van der Waals surface area contributed by atoms with Gasteiger partial charge in [-0.3, -0.25) is 0 Å². The van der Waals surface area contributed by atoms with Gasteiger partial charge >= 0.3 is 0 Å². The van der Waals surface area contributed by atoms with Crippen LogP contribution in [0.5, 0.6) is 0 Å². The molecule has 0 saturated carbocycles. The lowest BCUT2D eigenvalue weighted by Crippen LogP contribution is -2.01. The van der Waals surface area contributed by atoms with Crippen molar-refractivity contribution < 1.29 is 0 Å². The van der Waals surface area contributed by atoms with Crippen LogP contribution in [0.15, 0.2) is 212 Å². The number of hydrogen-bond donors (Lipinski definition) is 0. The molecule has 13 rings (SSSR count). The van der Waals surface area contributed by atoms with Gasteiger partial charge in [0.05, 0.1) is 22.1 Å². The van der Waals surface area contributed by atoms with Gasteiger partial charge in [-0.05, 0) is 93.0 Å². The van der Waals surface area contributed by atoms with Crippen molar-refractivity contribution in [1.29, 1.82) is 0 Å². The van der Waals surface area contributed by atoms with Gasteiger partial charge < -0.3 is 9.13 Å². The molecule has 288 valence electrons. The molecule has 13 aromatic rings. The molecule has 0 atom stereocenters. The molecule has 62 heavy (non-hydrogen) atoms. The molecule has 0 fully saturated rings. The Bertz CT molecular complexity index is 3920. The summed E-state index contributed by atoms with van der Waals surface area (Å²) >= 11 is 0. The van der Waals surface area contributed by atoms with E-state index < -0.39 is 0 Å². The molecule has 0 aliphatic heterocycles. The average molecular weight is 790 g/mol. The summed E-state index contributed by atoms with van der Waals surface area (Å²) < 4.78 is 4.83. The van der Waals surface area contributed by atoms with Gasteiger partial charge in [0.25, 0.3) is 0 Å². The summed E-state index contributed by atoms with van der Waals surface area (Å²) in [5, 5.41) is 11.8. The number of hydrogen-bond acceptors (Lipinski definition) is 3. The Kier molecular flexibility index (Phi) is 7.54. The van der Waals surface area contributed by atoms with Crippen molar-refractivity contribution in [3.8, 4) is 45.5 Å². The standard InChI is InChI=1S/C57H35N5/c1-3-16-37(17-4-1)55-58-56(41-28-27-36-15-7-8-18-38(36)31-41)60-57(59-55)48-35-53-54(46-25-12-11-23-44(46)48)49-34-43(29-30-51(49)61(53)42-21-5-2-6-22-42)62-50-26-14-13-24-45(50)47-32-39-19-9-10-20-40(39)33-52(47)62/h1-35H. The fourth-order valence-corrected chi connectivity index (χ4v) is 9.65. The largest absolute Gasteiger partial charge is 0.309 e. The molecule has 0 N–H and O–H groups in total. The second-order valence-corrected chi connectivity index (χ2v) is 16.0. The summed E-state index contributed by atoms with van der Waals surface area (Å²) in [7, 11) is 0. The zero-order valence-electron chi connectivity index (χ0n) is 33.4. The van der Waals surface area contributed by atoms with E-state index in [1.807, 2.05) is 18.2 Å². The van der Waals surface area contributed by atoms with E-state index in [9.17, 15) is 0 Å². The molecule has 0 spiro atoms. The zero-order chi connectivity index (χ0) is 40.7. The third-order valence-corrected chi connectivity index (χ3v) is 12.5. The first-order chi connectivity index (χ1) is 30.7. The summed E-state index contributed by atoms with van der Waals surface area (Å²) in [4.78, 5) is 15.7. The van der Waals surface area contributed by atoms with Crippen LogP contribution in [0.1, 0.15) is 0 Å². The molecule has 0 aliphatic rings. The highest BCUT2D eigenvalue weighted by Gasteiger charge is 2.22. The normalized spacial score (nSPS) is 11.9.